The van der Waals surface area contributed by atoms with E-state index in [9.17, 15) is 4.79 Å². The molecular weight excluding hydrogens is 368 g/mol. The van der Waals surface area contributed by atoms with Gasteiger partial charge in [0.1, 0.15) is 5.60 Å². The first kappa shape index (κ1) is 24.8. The largest absolute Gasteiger partial charge is 0.444 e. The van der Waals surface area contributed by atoms with Crippen molar-refractivity contribution in [2.75, 3.05) is 27.7 Å². The zero-order valence-electron chi connectivity index (χ0n) is 19.9. The lowest BCUT2D eigenvalue weighted by Crippen LogP contribution is -2.43. The summed E-state index contributed by atoms with van der Waals surface area (Å²) in [7, 11) is 7.52. The summed E-state index contributed by atoms with van der Waals surface area (Å²) in [6.45, 7) is 13.4. The van der Waals surface area contributed by atoms with Crippen LogP contribution in [0.4, 0.5) is 4.79 Å². The van der Waals surface area contributed by atoms with Crippen molar-refractivity contribution in [1.29, 1.82) is 0 Å². The third-order valence-corrected chi connectivity index (χ3v) is 4.65. The second-order valence-corrected chi connectivity index (χ2v) is 8.93. The van der Waals surface area contributed by atoms with E-state index in [0.717, 1.165) is 24.6 Å². The number of nitrogens with one attached hydrogen (secondary N) is 1. The number of aryl methyl sites for hydroxylation is 1. The van der Waals surface area contributed by atoms with Gasteiger partial charge in [-0.2, -0.15) is 5.10 Å². The van der Waals surface area contributed by atoms with Gasteiger partial charge in [0, 0.05) is 59.1 Å². The standard InChI is InChI=1S/C21H40N6O2/c1-15(2)18-17(14-26(9)24-18)13-25(8)19(22-7)23-12-11-16(3)27(10)20(28)29-21(4,5)6/h14-16H,11-13H2,1-10H3,(H,22,23). The van der Waals surface area contributed by atoms with Gasteiger partial charge in [-0.25, -0.2) is 4.79 Å². The van der Waals surface area contributed by atoms with Gasteiger partial charge in [0.25, 0.3) is 0 Å². The van der Waals surface area contributed by atoms with Crippen molar-refractivity contribution in [2.24, 2.45) is 12.0 Å². The van der Waals surface area contributed by atoms with E-state index in [2.05, 4.69) is 40.4 Å². The normalized spacial score (nSPS) is 13.4. The fraction of sp³-hybridized carbons (Fsp3) is 0.762. The van der Waals surface area contributed by atoms with Crippen molar-refractivity contribution in [3.8, 4) is 0 Å². The highest BCUT2D eigenvalue weighted by Gasteiger charge is 2.23. The Morgan fingerprint density at radius 2 is 1.93 bits per heavy atom. The smallest absolute Gasteiger partial charge is 0.410 e. The lowest BCUT2D eigenvalue weighted by Gasteiger charge is -2.29. The molecule has 0 spiro atoms. The molecule has 29 heavy (non-hydrogen) atoms. The van der Waals surface area contributed by atoms with E-state index < -0.39 is 5.60 Å². The van der Waals surface area contributed by atoms with Gasteiger partial charge in [-0.1, -0.05) is 13.8 Å². The number of rotatable bonds is 7. The van der Waals surface area contributed by atoms with Crippen LogP contribution in [0.5, 0.6) is 0 Å². The predicted molar refractivity (Wildman–Crippen MR) is 118 cm³/mol. The van der Waals surface area contributed by atoms with Crippen molar-refractivity contribution >= 4 is 12.1 Å². The Labute approximate surface area is 176 Å². The molecule has 0 aliphatic rings. The molecule has 0 saturated heterocycles. The molecule has 0 aromatic carbocycles. The molecule has 0 saturated carbocycles. The number of guanidine groups is 1. The molecule has 1 N–H and O–H groups in total. The van der Waals surface area contributed by atoms with Crippen LogP contribution in [0.1, 0.15) is 65.1 Å². The van der Waals surface area contributed by atoms with E-state index in [1.165, 1.54) is 5.56 Å². The van der Waals surface area contributed by atoms with E-state index in [1.807, 2.05) is 46.5 Å². The first-order valence-corrected chi connectivity index (χ1v) is 10.3. The van der Waals surface area contributed by atoms with Gasteiger partial charge in [0.2, 0.25) is 0 Å². The first-order chi connectivity index (χ1) is 13.4. The van der Waals surface area contributed by atoms with E-state index in [4.69, 9.17) is 4.74 Å². The highest BCUT2D eigenvalue weighted by molar-refractivity contribution is 5.79. The Hall–Kier alpha value is -2.25. The molecule has 8 nitrogen and oxygen atoms in total. The van der Waals surface area contributed by atoms with Gasteiger partial charge in [-0.3, -0.25) is 9.67 Å². The minimum Gasteiger partial charge on any atom is -0.444 e. The molecule has 0 radical (unpaired) electrons. The molecule has 0 bridgehead atoms. The fourth-order valence-electron chi connectivity index (χ4n) is 2.98. The molecule has 0 aliphatic heterocycles. The van der Waals surface area contributed by atoms with Crippen LogP contribution in [-0.4, -0.2) is 71.0 Å². The maximum atomic E-state index is 12.2. The SMILES string of the molecule is CN=C(NCCC(C)N(C)C(=O)OC(C)(C)C)N(C)Cc1cn(C)nc1C(C)C. The summed E-state index contributed by atoms with van der Waals surface area (Å²) in [5, 5.41) is 7.96. The van der Waals surface area contributed by atoms with Crippen LogP contribution in [0.3, 0.4) is 0 Å². The Kier molecular flexibility index (Phi) is 8.98. The molecule has 1 aromatic heterocycles. The number of aromatic nitrogens is 2. The number of carbonyl (C=O) groups is 1. The second kappa shape index (κ2) is 10.5. The quantitative estimate of drug-likeness (QED) is 0.554. The van der Waals surface area contributed by atoms with Gasteiger partial charge in [0.05, 0.1) is 5.69 Å². The van der Waals surface area contributed by atoms with Crippen LogP contribution in [0.15, 0.2) is 11.2 Å². The van der Waals surface area contributed by atoms with Crippen LogP contribution >= 0.6 is 0 Å². The van der Waals surface area contributed by atoms with Crippen LogP contribution in [0.25, 0.3) is 0 Å². The van der Waals surface area contributed by atoms with Crippen LogP contribution in [0, 0.1) is 0 Å². The molecular formula is C21H40N6O2. The number of hydrogen-bond acceptors (Lipinski definition) is 4. The molecule has 1 unspecified atom stereocenters. The molecule has 8 heteroatoms. The number of carbonyl (C=O) groups excluding carboxylic acids is 1. The van der Waals surface area contributed by atoms with E-state index >= 15 is 0 Å². The molecule has 1 rings (SSSR count). The molecule has 166 valence electrons. The van der Waals surface area contributed by atoms with E-state index in [0.29, 0.717) is 12.5 Å². The summed E-state index contributed by atoms with van der Waals surface area (Å²) in [4.78, 5) is 20.3. The molecule has 1 heterocycles. The summed E-state index contributed by atoms with van der Waals surface area (Å²) in [5.74, 6) is 1.19. The number of hydrogen-bond donors (Lipinski definition) is 1. The summed E-state index contributed by atoms with van der Waals surface area (Å²) < 4.78 is 7.30. The predicted octanol–water partition coefficient (Wildman–Crippen LogP) is 3.20. The van der Waals surface area contributed by atoms with Gasteiger partial charge in [-0.15, -0.1) is 0 Å². The van der Waals surface area contributed by atoms with Gasteiger partial charge >= 0.3 is 6.09 Å². The maximum absolute atomic E-state index is 12.2. The summed E-state index contributed by atoms with van der Waals surface area (Å²) in [6.07, 6.45) is 2.55. The molecule has 1 aromatic rings. The number of ether oxygens (including phenoxy) is 1. The number of nitrogens with zero attached hydrogens (tertiary/aromatic N) is 5. The van der Waals surface area contributed by atoms with Crippen LogP contribution in [-0.2, 0) is 18.3 Å². The summed E-state index contributed by atoms with van der Waals surface area (Å²) in [6, 6.07) is 0.0478. The number of amides is 1. The van der Waals surface area contributed by atoms with Crippen molar-refractivity contribution in [1.82, 2.24) is 24.9 Å². The minimum absolute atomic E-state index is 0.0478. The zero-order valence-corrected chi connectivity index (χ0v) is 19.9. The summed E-state index contributed by atoms with van der Waals surface area (Å²) in [5.41, 5.74) is 1.82. The van der Waals surface area contributed by atoms with Crippen LogP contribution in [0.2, 0.25) is 0 Å². The minimum atomic E-state index is -0.491. The van der Waals surface area contributed by atoms with E-state index in [-0.39, 0.29) is 12.1 Å². The maximum Gasteiger partial charge on any atom is 0.410 e. The monoisotopic (exact) mass is 408 g/mol. The lowest BCUT2D eigenvalue weighted by molar-refractivity contribution is 0.0230. The van der Waals surface area contributed by atoms with E-state index in [1.54, 1.807) is 19.0 Å². The average molecular weight is 409 g/mol. The third kappa shape index (κ3) is 7.95. The average Bonchev–Trinajstić information content (AvgIpc) is 2.96. The molecule has 0 aliphatic carbocycles. The molecule has 0 fully saturated rings. The second-order valence-electron chi connectivity index (χ2n) is 8.93. The Bertz CT molecular complexity index is 690. The Morgan fingerprint density at radius 3 is 2.45 bits per heavy atom. The van der Waals surface area contributed by atoms with Crippen molar-refractivity contribution in [2.45, 2.75) is 72.1 Å². The molecule has 1 atom stereocenters. The van der Waals surface area contributed by atoms with Gasteiger partial charge < -0.3 is 19.9 Å². The fourth-order valence-corrected chi connectivity index (χ4v) is 2.98. The highest BCUT2D eigenvalue weighted by Crippen LogP contribution is 2.18. The van der Waals surface area contributed by atoms with Gasteiger partial charge in [0.15, 0.2) is 5.96 Å². The number of aliphatic imine (C=N–C) groups is 1. The van der Waals surface area contributed by atoms with Crippen molar-refractivity contribution in [3.05, 3.63) is 17.5 Å². The Morgan fingerprint density at radius 1 is 1.31 bits per heavy atom. The van der Waals surface area contributed by atoms with Gasteiger partial charge in [-0.05, 0) is 40.0 Å². The third-order valence-electron chi connectivity index (χ3n) is 4.65. The topological polar surface area (TPSA) is 75.0 Å². The van der Waals surface area contributed by atoms with Crippen LogP contribution < -0.4 is 5.32 Å². The lowest BCUT2D eigenvalue weighted by atomic mass is 10.1. The molecule has 1 amide bonds. The van der Waals surface area contributed by atoms with Crippen molar-refractivity contribution in [3.63, 3.8) is 0 Å². The summed E-state index contributed by atoms with van der Waals surface area (Å²) >= 11 is 0. The zero-order chi connectivity index (χ0) is 22.4. The highest BCUT2D eigenvalue weighted by atomic mass is 16.6. The Balaban J connectivity index is 2.58. The van der Waals surface area contributed by atoms with Crippen molar-refractivity contribution < 1.29 is 9.53 Å². The first-order valence-electron chi connectivity index (χ1n) is 10.3.